The van der Waals surface area contributed by atoms with E-state index in [-0.39, 0.29) is 11.4 Å². The fourth-order valence-corrected chi connectivity index (χ4v) is 3.66. The molecule has 114 valence electrons. The molecule has 0 fully saturated rings. The number of benzene rings is 1. The Balaban J connectivity index is 3.18. The molecule has 1 rings (SSSR count). The van der Waals surface area contributed by atoms with Crippen molar-refractivity contribution < 1.29 is 17.9 Å². The largest absolute Gasteiger partial charge is 0.493 e. The molecule has 0 aliphatic heterocycles. The normalized spacial score (nSPS) is 12.3. The number of nitrogens with two attached hydrogens (primary N) is 1. The van der Waals surface area contributed by atoms with Gasteiger partial charge in [0.25, 0.3) is 0 Å². The molecule has 8 heteroatoms. The summed E-state index contributed by atoms with van der Waals surface area (Å²) in [6.45, 7) is 3.59. The highest BCUT2D eigenvalue weighted by atomic mass is 79.9. The third kappa shape index (κ3) is 4.34. The summed E-state index contributed by atoms with van der Waals surface area (Å²) in [5, 5.41) is 0. The Kier molecular flexibility index (Phi) is 5.42. The molecule has 0 amide bonds. The van der Waals surface area contributed by atoms with Crippen molar-refractivity contribution in [3.8, 4) is 11.5 Å². The predicted octanol–water partition coefficient (Wildman–Crippen LogP) is 1.48. The van der Waals surface area contributed by atoms with Crippen molar-refractivity contribution in [1.29, 1.82) is 0 Å². The number of halogens is 1. The Morgan fingerprint density at radius 3 is 2.20 bits per heavy atom. The van der Waals surface area contributed by atoms with Crippen LogP contribution in [0.2, 0.25) is 0 Å². The van der Waals surface area contributed by atoms with E-state index in [1.165, 1.54) is 20.3 Å². The van der Waals surface area contributed by atoms with Crippen LogP contribution in [0.5, 0.6) is 11.5 Å². The van der Waals surface area contributed by atoms with Gasteiger partial charge in [-0.3, -0.25) is 0 Å². The van der Waals surface area contributed by atoms with Crippen LogP contribution in [0.3, 0.4) is 0 Å². The Morgan fingerprint density at radius 1 is 1.25 bits per heavy atom. The molecule has 0 atom stereocenters. The Hall–Kier alpha value is -0.830. The highest BCUT2D eigenvalue weighted by molar-refractivity contribution is 9.10. The van der Waals surface area contributed by atoms with Crippen LogP contribution < -0.4 is 19.9 Å². The lowest BCUT2D eigenvalue weighted by Crippen LogP contribution is -2.45. The minimum absolute atomic E-state index is 0.0689. The molecule has 0 heterocycles. The van der Waals surface area contributed by atoms with Crippen LogP contribution in [0.4, 0.5) is 0 Å². The van der Waals surface area contributed by atoms with Gasteiger partial charge in [-0.25, -0.2) is 13.1 Å². The minimum Gasteiger partial charge on any atom is -0.493 e. The van der Waals surface area contributed by atoms with Gasteiger partial charge in [0.2, 0.25) is 10.0 Å². The van der Waals surface area contributed by atoms with Crippen LogP contribution in [-0.4, -0.2) is 34.7 Å². The standard InChI is InChI=1S/C12H19BrN2O4S/c1-12(2,14)7-15-20(16,17)11-6-10(19-4)9(18-3)5-8(11)13/h5-6,15H,7,14H2,1-4H3. The van der Waals surface area contributed by atoms with Crippen LogP contribution in [0.1, 0.15) is 13.8 Å². The summed E-state index contributed by atoms with van der Waals surface area (Å²) < 4.78 is 37.6. The summed E-state index contributed by atoms with van der Waals surface area (Å²) in [5.41, 5.74) is 5.13. The fourth-order valence-electron chi connectivity index (χ4n) is 1.40. The lowest BCUT2D eigenvalue weighted by atomic mass is 10.1. The van der Waals surface area contributed by atoms with Crippen molar-refractivity contribution in [2.24, 2.45) is 5.73 Å². The number of rotatable bonds is 6. The van der Waals surface area contributed by atoms with Crippen LogP contribution in [0, 0.1) is 0 Å². The maximum absolute atomic E-state index is 12.3. The van der Waals surface area contributed by atoms with Crippen molar-refractivity contribution in [3.63, 3.8) is 0 Å². The summed E-state index contributed by atoms with van der Waals surface area (Å²) in [6.07, 6.45) is 0. The predicted molar refractivity (Wildman–Crippen MR) is 80.7 cm³/mol. The topological polar surface area (TPSA) is 90.7 Å². The second-order valence-corrected chi connectivity index (χ2v) is 7.54. The third-order valence-electron chi connectivity index (χ3n) is 2.45. The average molecular weight is 367 g/mol. The number of nitrogens with one attached hydrogen (secondary N) is 1. The van der Waals surface area contributed by atoms with Crippen molar-refractivity contribution >= 4 is 26.0 Å². The summed E-state index contributed by atoms with van der Waals surface area (Å²) in [5.74, 6) is 0.778. The molecular formula is C12H19BrN2O4S. The van der Waals surface area contributed by atoms with Crippen molar-refractivity contribution in [2.75, 3.05) is 20.8 Å². The van der Waals surface area contributed by atoms with E-state index in [0.717, 1.165) is 0 Å². The fraction of sp³-hybridized carbons (Fsp3) is 0.500. The number of hydrogen-bond acceptors (Lipinski definition) is 5. The van der Waals surface area contributed by atoms with Gasteiger partial charge >= 0.3 is 0 Å². The van der Waals surface area contributed by atoms with Crippen molar-refractivity contribution in [3.05, 3.63) is 16.6 Å². The molecule has 3 N–H and O–H groups in total. The van der Waals surface area contributed by atoms with Gasteiger partial charge < -0.3 is 15.2 Å². The van der Waals surface area contributed by atoms with Gasteiger partial charge in [-0.1, -0.05) is 0 Å². The Labute approximate surface area is 127 Å². The number of methoxy groups -OCH3 is 2. The molecule has 0 aliphatic rings. The molecule has 0 unspecified atom stereocenters. The van der Waals surface area contributed by atoms with E-state index >= 15 is 0 Å². The monoisotopic (exact) mass is 366 g/mol. The first-order chi connectivity index (χ1) is 9.10. The second kappa shape index (κ2) is 6.30. The zero-order valence-electron chi connectivity index (χ0n) is 11.9. The van der Waals surface area contributed by atoms with Gasteiger partial charge in [-0.15, -0.1) is 0 Å². The third-order valence-corrected chi connectivity index (χ3v) is 4.81. The van der Waals surface area contributed by atoms with Crippen LogP contribution >= 0.6 is 15.9 Å². The first-order valence-corrected chi connectivity index (χ1v) is 8.08. The zero-order valence-corrected chi connectivity index (χ0v) is 14.3. The van der Waals surface area contributed by atoms with E-state index in [1.54, 1.807) is 19.9 Å². The van der Waals surface area contributed by atoms with Gasteiger partial charge in [0, 0.05) is 22.6 Å². The molecule has 1 aromatic rings. The van der Waals surface area contributed by atoms with Gasteiger partial charge in [-0.2, -0.15) is 0 Å². The lowest BCUT2D eigenvalue weighted by molar-refractivity contribution is 0.353. The lowest BCUT2D eigenvalue weighted by Gasteiger charge is -2.19. The van der Waals surface area contributed by atoms with E-state index in [0.29, 0.717) is 16.0 Å². The molecule has 0 saturated heterocycles. The van der Waals surface area contributed by atoms with E-state index in [2.05, 4.69) is 20.7 Å². The van der Waals surface area contributed by atoms with Crippen LogP contribution in [0.15, 0.2) is 21.5 Å². The van der Waals surface area contributed by atoms with E-state index in [4.69, 9.17) is 15.2 Å². The molecule has 0 radical (unpaired) electrons. The summed E-state index contributed by atoms with van der Waals surface area (Å²) in [4.78, 5) is 0.0689. The average Bonchev–Trinajstić information content (AvgIpc) is 2.35. The first kappa shape index (κ1) is 17.2. The molecule has 1 aromatic carbocycles. The SMILES string of the molecule is COc1cc(Br)c(S(=O)(=O)NCC(C)(C)N)cc1OC. The highest BCUT2D eigenvalue weighted by Gasteiger charge is 2.23. The van der Waals surface area contributed by atoms with Gasteiger partial charge in [0.1, 0.15) is 4.90 Å². The quantitative estimate of drug-likeness (QED) is 0.795. The first-order valence-electron chi connectivity index (χ1n) is 5.81. The molecule has 0 saturated carbocycles. The highest BCUT2D eigenvalue weighted by Crippen LogP contribution is 2.35. The smallest absolute Gasteiger partial charge is 0.241 e. The maximum atomic E-state index is 12.3. The van der Waals surface area contributed by atoms with Crippen LogP contribution in [-0.2, 0) is 10.0 Å². The van der Waals surface area contributed by atoms with Crippen molar-refractivity contribution in [2.45, 2.75) is 24.3 Å². The summed E-state index contributed by atoms with van der Waals surface area (Å²) >= 11 is 3.22. The van der Waals surface area contributed by atoms with Crippen molar-refractivity contribution in [1.82, 2.24) is 4.72 Å². The van der Waals surface area contributed by atoms with Gasteiger partial charge in [0.15, 0.2) is 11.5 Å². The molecule has 20 heavy (non-hydrogen) atoms. The van der Waals surface area contributed by atoms with Crippen LogP contribution in [0.25, 0.3) is 0 Å². The minimum atomic E-state index is -3.69. The Bertz CT molecular complexity index is 582. The van der Waals surface area contributed by atoms with E-state index < -0.39 is 15.6 Å². The number of hydrogen-bond donors (Lipinski definition) is 2. The summed E-state index contributed by atoms with van der Waals surface area (Å²) in [7, 11) is -0.771. The Morgan fingerprint density at radius 2 is 1.75 bits per heavy atom. The molecule has 0 bridgehead atoms. The molecule has 0 aliphatic carbocycles. The molecule has 0 aromatic heterocycles. The van der Waals surface area contributed by atoms with E-state index in [1.807, 2.05) is 0 Å². The van der Waals surface area contributed by atoms with Gasteiger partial charge in [-0.05, 0) is 35.8 Å². The second-order valence-electron chi connectivity index (χ2n) is 4.95. The van der Waals surface area contributed by atoms with Gasteiger partial charge in [0.05, 0.1) is 14.2 Å². The number of sulfonamides is 1. The zero-order chi connectivity index (χ0) is 15.6. The maximum Gasteiger partial charge on any atom is 0.241 e. The summed E-state index contributed by atoms with van der Waals surface area (Å²) in [6, 6.07) is 2.94. The molecule has 6 nitrogen and oxygen atoms in total. The number of ether oxygens (including phenoxy) is 2. The molecular weight excluding hydrogens is 348 g/mol. The molecule has 0 spiro atoms. The van der Waals surface area contributed by atoms with E-state index in [9.17, 15) is 8.42 Å².